The van der Waals surface area contributed by atoms with Crippen molar-refractivity contribution in [3.8, 4) is 0 Å². The van der Waals surface area contributed by atoms with Gasteiger partial charge in [0, 0.05) is 18.7 Å². The lowest BCUT2D eigenvalue weighted by molar-refractivity contribution is 0.0655. The Labute approximate surface area is 159 Å². The third-order valence-corrected chi connectivity index (χ3v) is 4.83. The second-order valence-corrected chi connectivity index (χ2v) is 7.14. The Hall–Kier alpha value is -2.66. The molecule has 0 bridgehead atoms. The number of hydrogen-bond donors (Lipinski definition) is 1. The zero-order chi connectivity index (χ0) is 19.4. The van der Waals surface area contributed by atoms with E-state index < -0.39 is 5.97 Å². The molecule has 0 fully saturated rings. The molecule has 2 aromatic carbocycles. The van der Waals surface area contributed by atoms with Gasteiger partial charge in [-0.3, -0.25) is 4.79 Å². The number of carbonyl (C=O) groups excluding carboxylic acids is 1. The zero-order valence-electron chi connectivity index (χ0n) is 15.8. The first-order valence-corrected chi connectivity index (χ1v) is 9.29. The molecule has 5 nitrogen and oxygen atoms in total. The molecule has 0 aromatic heterocycles. The number of fused-ring (bicyclic) bond motifs is 1. The van der Waals surface area contributed by atoms with Crippen molar-refractivity contribution in [1.29, 1.82) is 0 Å². The quantitative estimate of drug-likeness (QED) is 0.878. The summed E-state index contributed by atoms with van der Waals surface area (Å²) in [5, 5.41) is 9.16. The molecule has 0 radical (unpaired) electrons. The zero-order valence-corrected chi connectivity index (χ0v) is 15.8. The minimum atomic E-state index is -0.920. The van der Waals surface area contributed by atoms with E-state index in [2.05, 4.69) is 0 Å². The predicted octanol–water partition coefficient (Wildman–Crippen LogP) is 3.55. The highest BCUT2D eigenvalue weighted by Crippen LogP contribution is 2.19. The monoisotopic (exact) mass is 367 g/mol. The Bertz CT molecular complexity index is 827. The first kappa shape index (κ1) is 19.1. The molecule has 5 heteroatoms. The second kappa shape index (κ2) is 8.35. The Morgan fingerprint density at radius 2 is 1.63 bits per heavy atom. The molecule has 142 valence electrons. The molecule has 1 amide bonds. The topological polar surface area (TPSA) is 66.8 Å². The molecule has 0 saturated carbocycles. The fraction of sp³-hybridized carbons (Fsp3) is 0.364. The minimum Gasteiger partial charge on any atom is -0.478 e. The van der Waals surface area contributed by atoms with Crippen molar-refractivity contribution in [3.05, 3.63) is 70.3 Å². The number of rotatable bonds is 5. The van der Waals surface area contributed by atoms with Gasteiger partial charge < -0.3 is 14.7 Å². The van der Waals surface area contributed by atoms with Gasteiger partial charge in [0.05, 0.1) is 18.3 Å². The highest BCUT2D eigenvalue weighted by atomic mass is 16.5. The lowest BCUT2D eigenvalue weighted by Gasteiger charge is -2.20. The Morgan fingerprint density at radius 3 is 2.26 bits per heavy atom. The number of carboxylic acid groups (broad SMARTS) is 1. The molecule has 3 rings (SSSR count). The summed E-state index contributed by atoms with van der Waals surface area (Å²) in [6.45, 7) is 5.75. The number of hydrogen-bond acceptors (Lipinski definition) is 3. The summed E-state index contributed by atoms with van der Waals surface area (Å²) in [5.74, 6) is -0.908. The molecule has 1 aliphatic heterocycles. The third-order valence-electron chi connectivity index (χ3n) is 4.83. The van der Waals surface area contributed by atoms with E-state index in [1.165, 1.54) is 0 Å². The van der Waals surface area contributed by atoms with E-state index in [1.807, 2.05) is 49.1 Å². The summed E-state index contributed by atoms with van der Waals surface area (Å²) in [6, 6.07) is 12.8. The lowest BCUT2D eigenvalue weighted by atomic mass is 10.0. The number of carboxylic acids is 1. The summed E-state index contributed by atoms with van der Waals surface area (Å²) in [6.07, 6.45) is 1.58. The van der Waals surface area contributed by atoms with Gasteiger partial charge in [-0.25, -0.2) is 4.79 Å². The minimum absolute atomic E-state index is 0.0117. The fourth-order valence-electron chi connectivity index (χ4n) is 3.25. The molecule has 0 unspecified atom stereocenters. The highest BCUT2D eigenvalue weighted by Gasteiger charge is 2.20. The Morgan fingerprint density at radius 1 is 1.00 bits per heavy atom. The number of amides is 1. The van der Waals surface area contributed by atoms with Gasteiger partial charge in [0.2, 0.25) is 0 Å². The highest BCUT2D eigenvalue weighted by molar-refractivity contribution is 5.94. The molecule has 0 spiro atoms. The maximum Gasteiger partial charge on any atom is 0.335 e. The van der Waals surface area contributed by atoms with Crippen molar-refractivity contribution in [2.75, 3.05) is 13.1 Å². The number of nitrogens with zero attached hydrogens (tertiary/aromatic N) is 1. The number of ether oxygens (including phenoxy) is 1. The molecule has 0 aliphatic carbocycles. The third kappa shape index (κ3) is 4.74. The SMILES string of the molecule is CC(C)OCc1ccc(C(=O)N2CCc3ccc(C(=O)O)cc3CC2)cc1. The molecule has 1 N–H and O–H groups in total. The summed E-state index contributed by atoms with van der Waals surface area (Å²) in [7, 11) is 0. The van der Waals surface area contributed by atoms with Crippen LogP contribution in [0.4, 0.5) is 0 Å². The first-order valence-electron chi connectivity index (χ1n) is 9.29. The van der Waals surface area contributed by atoms with E-state index >= 15 is 0 Å². The molecular weight excluding hydrogens is 342 g/mol. The van der Waals surface area contributed by atoms with E-state index in [4.69, 9.17) is 9.84 Å². The maximum absolute atomic E-state index is 12.9. The Balaban J connectivity index is 1.67. The van der Waals surface area contributed by atoms with Gasteiger partial charge in [-0.2, -0.15) is 0 Å². The molecular formula is C22H25NO4. The molecule has 27 heavy (non-hydrogen) atoms. The van der Waals surface area contributed by atoms with Crippen molar-refractivity contribution >= 4 is 11.9 Å². The Kier molecular flexibility index (Phi) is 5.91. The van der Waals surface area contributed by atoms with Crippen LogP contribution in [0, 0.1) is 0 Å². The van der Waals surface area contributed by atoms with E-state index in [1.54, 1.807) is 12.1 Å². The van der Waals surface area contributed by atoms with Gasteiger partial charge in [0.25, 0.3) is 5.91 Å². The first-order chi connectivity index (χ1) is 12.9. The lowest BCUT2D eigenvalue weighted by Crippen LogP contribution is -2.33. The summed E-state index contributed by atoms with van der Waals surface area (Å²) in [4.78, 5) is 25.9. The van der Waals surface area contributed by atoms with E-state index in [0.29, 0.717) is 37.2 Å². The van der Waals surface area contributed by atoms with Crippen molar-refractivity contribution in [1.82, 2.24) is 4.90 Å². The van der Waals surface area contributed by atoms with Gasteiger partial charge in [0.15, 0.2) is 0 Å². The van der Waals surface area contributed by atoms with E-state index in [0.717, 1.165) is 23.1 Å². The summed E-state index contributed by atoms with van der Waals surface area (Å²) < 4.78 is 5.59. The summed E-state index contributed by atoms with van der Waals surface area (Å²) >= 11 is 0. The smallest absolute Gasteiger partial charge is 0.335 e. The van der Waals surface area contributed by atoms with Crippen LogP contribution in [-0.4, -0.2) is 41.1 Å². The van der Waals surface area contributed by atoms with Crippen LogP contribution in [-0.2, 0) is 24.2 Å². The molecule has 0 atom stereocenters. The van der Waals surface area contributed by atoms with E-state index in [-0.39, 0.29) is 12.0 Å². The standard InChI is InChI=1S/C22H25NO4/c1-15(2)27-14-16-3-5-18(6-4-16)21(24)23-11-9-17-7-8-20(22(25)26)13-19(17)10-12-23/h3-8,13,15H,9-12,14H2,1-2H3,(H,25,26). The average molecular weight is 367 g/mol. The largest absolute Gasteiger partial charge is 0.478 e. The second-order valence-electron chi connectivity index (χ2n) is 7.14. The van der Waals surface area contributed by atoms with Gasteiger partial charge in [-0.05, 0) is 67.6 Å². The van der Waals surface area contributed by atoms with Crippen LogP contribution >= 0.6 is 0 Å². The van der Waals surface area contributed by atoms with Gasteiger partial charge in [0.1, 0.15) is 0 Å². The summed E-state index contributed by atoms with van der Waals surface area (Å²) in [5.41, 5.74) is 4.15. The number of benzene rings is 2. The van der Waals surface area contributed by atoms with Crippen molar-refractivity contribution in [2.45, 2.75) is 39.4 Å². The molecule has 0 saturated heterocycles. The van der Waals surface area contributed by atoms with Crippen LogP contribution in [0.3, 0.4) is 0 Å². The van der Waals surface area contributed by atoms with Gasteiger partial charge in [-0.1, -0.05) is 18.2 Å². The van der Waals surface area contributed by atoms with Crippen LogP contribution in [0.5, 0.6) is 0 Å². The van der Waals surface area contributed by atoms with Crippen molar-refractivity contribution in [2.24, 2.45) is 0 Å². The molecule has 2 aromatic rings. The van der Waals surface area contributed by atoms with Crippen LogP contribution in [0.2, 0.25) is 0 Å². The van der Waals surface area contributed by atoms with Crippen molar-refractivity contribution < 1.29 is 19.4 Å². The maximum atomic E-state index is 12.9. The molecule has 1 aliphatic rings. The fourth-order valence-corrected chi connectivity index (χ4v) is 3.25. The van der Waals surface area contributed by atoms with Crippen molar-refractivity contribution in [3.63, 3.8) is 0 Å². The average Bonchev–Trinajstić information content (AvgIpc) is 2.88. The van der Waals surface area contributed by atoms with Gasteiger partial charge >= 0.3 is 5.97 Å². The van der Waals surface area contributed by atoms with Crippen LogP contribution in [0.1, 0.15) is 51.3 Å². The molecule has 1 heterocycles. The van der Waals surface area contributed by atoms with Gasteiger partial charge in [-0.15, -0.1) is 0 Å². The van der Waals surface area contributed by atoms with Crippen LogP contribution < -0.4 is 0 Å². The van der Waals surface area contributed by atoms with Crippen LogP contribution in [0.15, 0.2) is 42.5 Å². The number of aromatic carboxylic acids is 1. The normalized spacial score (nSPS) is 14.0. The van der Waals surface area contributed by atoms with E-state index in [9.17, 15) is 9.59 Å². The number of carbonyl (C=O) groups is 2. The van der Waals surface area contributed by atoms with Crippen LogP contribution in [0.25, 0.3) is 0 Å². The predicted molar refractivity (Wildman–Crippen MR) is 103 cm³/mol.